The van der Waals surface area contributed by atoms with E-state index < -0.39 is 0 Å². The van der Waals surface area contributed by atoms with E-state index in [9.17, 15) is 4.79 Å². The fourth-order valence-corrected chi connectivity index (χ4v) is 2.31. The van der Waals surface area contributed by atoms with Gasteiger partial charge in [0, 0.05) is 19.1 Å². The van der Waals surface area contributed by atoms with Crippen LogP contribution in [0, 0.1) is 11.3 Å². The van der Waals surface area contributed by atoms with Crippen LogP contribution < -0.4 is 5.32 Å². The highest BCUT2D eigenvalue weighted by atomic mass is 16.5. The molecular formula is C12H21NO3. The van der Waals surface area contributed by atoms with Gasteiger partial charge in [-0.15, -0.1) is 0 Å². The fraction of sp³-hybridized carbons (Fsp3) is 0.917. The summed E-state index contributed by atoms with van der Waals surface area (Å²) in [7, 11) is 0. The van der Waals surface area contributed by atoms with Gasteiger partial charge in [-0.3, -0.25) is 4.79 Å². The van der Waals surface area contributed by atoms with Gasteiger partial charge in [0.15, 0.2) is 0 Å². The molecule has 0 aromatic rings. The maximum atomic E-state index is 12.0. The minimum Gasteiger partial charge on any atom is -0.465 e. The summed E-state index contributed by atoms with van der Waals surface area (Å²) in [5.74, 6) is 0.357. The monoisotopic (exact) mass is 227 g/mol. The van der Waals surface area contributed by atoms with E-state index in [0.29, 0.717) is 12.5 Å². The number of hydrogen-bond acceptors (Lipinski definition) is 4. The van der Waals surface area contributed by atoms with Crippen LogP contribution in [-0.4, -0.2) is 38.9 Å². The Morgan fingerprint density at radius 3 is 3.12 bits per heavy atom. The lowest BCUT2D eigenvalue weighted by Crippen LogP contribution is -2.44. The van der Waals surface area contributed by atoms with Gasteiger partial charge in [0.2, 0.25) is 0 Å². The van der Waals surface area contributed by atoms with Crippen LogP contribution >= 0.6 is 0 Å². The van der Waals surface area contributed by atoms with Crippen molar-refractivity contribution in [2.24, 2.45) is 11.3 Å². The molecule has 0 spiro atoms. The third-order valence-corrected chi connectivity index (χ3v) is 3.56. The highest BCUT2D eigenvalue weighted by Crippen LogP contribution is 2.27. The summed E-state index contributed by atoms with van der Waals surface area (Å²) in [4.78, 5) is 12.0. The Kier molecular flexibility index (Phi) is 3.82. The summed E-state index contributed by atoms with van der Waals surface area (Å²) in [6.07, 6.45) is 3.00. The van der Waals surface area contributed by atoms with Crippen molar-refractivity contribution in [2.75, 3.05) is 32.9 Å². The summed E-state index contributed by atoms with van der Waals surface area (Å²) in [5.41, 5.74) is -0.322. The Morgan fingerprint density at radius 1 is 1.62 bits per heavy atom. The van der Waals surface area contributed by atoms with Crippen LogP contribution in [0.15, 0.2) is 0 Å². The van der Waals surface area contributed by atoms with Crippen molar-refractivity contribution < 1.29 is 14.3 Å². The topological polar surface area (TPSA) is 47.6 Å². The quantitative estimate of drug-likeness (QED) is 0.729. The molecule has 4 nitrogen and oxygen atoms in total. The van der Waals surface area contributed by atoms with Crippen LogP contribution in [-0.2, 0) is 14.3 Å². The van der Waals surface area contributed by atoms with E-state index in [1.807, 2.05) is 6.92 Å². The lowest BCUT2D eigenvalue weighted by atomic mass is 9.83. The fourth-order valence-electron chi connectivity index (χ4n) is 2.31. The first kappa shape index (κ1) is 11.9. The Morgan fingerprint density at radius 2 is 2.50 bits per heavy atom. The van der Waals surface area contributed by atoms with Crippen molar-refractivity contribution in [2.45, 2.75) is 26.2 Å². The van der Waals surface area contributed by atoms with E-state index >= 15 is 0 Å². The highest BCUT2D eigenvalue weighted by molar-refractivity contribution is 5.76. The second-order valence-electron chi connectivity index (χ2n) is 5.17. The van der Waals surface area contributed by atoms with Crippen molar-refractivity contribution in [3.8, 4) is 0 Å². The first-order chi connectivity index (χ1) is 7.71. The average molecular weight is 227 g/mol. The predicted octanol–water partition coefficient (Wildman–Crippen LogP) is 0.956. The van der Waals surface area contributed by atoms with Crippen molar-refractivity contribution in [1.29, 1.82) is 0 Å². The van der Waals surface area contributed by atoms with Crippen LogP contribution in [0.1, 0.15) is 26.2 Å². The van der Waals surface area contributed by atoms with Gasteiger partial charge in [-0.05, 0) is 32.7 Å². The summed E-state index contributed by atoms with van der Waals surface area (Å²) in [6.45, 7) is 5.82. The Balaban J connectivity index is 1.77. The number of carbonyl (C=O) groups excluding carboxylic acids is 1. The molecule has 0 aromatic heterocycles. The molecule has 1 N–H and O–H groups in total. The molecule has 2 aliphatic rings. The summed E-state index contributed by atoms with van der Waals surface area (Å²) >= 11 is 0. The molecule has 0 aliphatic carbocycles. The van der Waals surface area contributed by atoms with Crippen LogP contribution in [0.3, 0.4) is 0 Å². The Hall–Kier alpha value is -0.610. The largest absolute Gasteiger partial charge is 0.465 e. The molecule has 0 saturated carbocycles. The predicted molar refractivity (Wildman–Crippen MR) is 60.1 cm³/mol. The molecule has 16 heavy (non-hydrogen) atoms. The van der Waals surface area contributed by atoms with Crippen LogP contribution in [0.4, 0.5) is 0 Å². The van der Waals surface area contributed by atoms with Crippen LogP contribution in [0.5, 0.6) is 0 Å². The van der Waals surface area contributed by atoms with Gasteiger partial charge >= 0.3 is 5.97 Å². The number of piperidine rings is 1. The van der Waals surface area contributed by atoms with Gasteiger partial charge < -0.3 is 14.8 Å². The van der Waals surface area contributed by atoms with Gasteiger partial charge in [-0.25, -0.2) is 0 Å². The minimum absolute atomic E-state index is 0.0494. The molecule has 2 rings (SSSR count). The average Bonchev–Trinajstić information content (AvgIpc) is 2.79. The molecule has 2 atom stereocenters. The van der Waals surface area contributed by atoms with Gasteiger partial charge in [0.05, 0.1) is 18.6 Å². The maximum absolute atomic E-state index is 12.0. The van der Waals surface area contributed by atoms with E-state index in [2.05, 4.69) is 5.32 Å². The molecule has 0 bridgehead atoms. The first-order valence-corrected chi connectivity index (χ1v) is 6.16. The van der Waals surface area contributed by atoms with Crippen molar-refractivity contribution in [3.63, 3.8) is 0 Å². The third-order valence-electron chi connectivity index (χ3n) is 3.56. The molecule has 4 heteroatoms. The maximum Gasteiger partial charge on any atom is 0.313 e. The zero-order valence-corrected chi connectivity index (χ0v) is 9.96. The van der Waals surface area contributed by atoms with Gasteiger partial charge in [0.25, 0.3) is 0 Å². The molecule has 92 valence electrons. The molecule has 0 radical (unpaired) electrons. The second-order valence-corrected chi connectivity index (χ2v) is 5.17. The van der Waals surface area contributed by atoms with E-state index in [1.165, 1.54) is 0 Å². The SMILES string of the molecule is CC1(C(=O)OCC2CCOC2)CCCNC1. The van der Waals surface area contributed by atoms with Gasteiger partial charge in [-0.1, -0.05) is 0 Å². The third kappa shape index (κ3) is 2.74. The van der Waals surface area contributed by atoms with Crippen molar-refractivity contribution in [3.05, 3.63) is 0 Å². The number of esters is 1. The number of rotatable bonds is 3. The summed E-state index contributed by atoms with van der Waals surface area (Å²) < 4.78 is 10.7. The lowest BCUT2D eigenvalue weighted by molar-refractivity contribution is -0.157. The van der Waals surface area contributed by atoms with Crippen LogP contribution in [0.2, 0.25) is 0 Å². The Labute approximate surface area is 96.7 Å². The zero-order chi connectivity index (χ0) is 11.4. The molecule has 2 fully saturated rings. The number of ether oxygens (including phenoxy) is 2. The molecule has 0 aromatic carbocycles. The molecular weight excluding hydrogens is 206 g/mol. The van der Waals surface area contributed by atoms with E-state index in [0.717, 1.165) is 45.6 Å². The standard InChI is InChI=1S/C12H21NO3/c1-12(4-2-5-13-9-12)11(14)16-8-10-3-6-15-7-10/h10,13H,2-9H2,1H3. The first-order valence-electron chi connectivity index (χ1n) is 6.16. The second kappa shape index (κ2) is 5.15. The number of hydrogen-bond donors (Lipinski definition) is 1. The van der Waals surface area contributed by atoms with E-state index in [-0.39, 0.29) is 11.4 Å². The van der Waals surface area contributed by atoms with Crippen LogP contribution in [0.25, 0.3) is 0 Å². The molecule has 2 heterocycles. The number of nitrogens with one attached hydrogen (secondary N) is 1. The Bertz CT molecular complexity index is 243. The van der Waals surface area contributed by atoms with Gasteiger partial charge in [0.1, 0.15) is 0 Å². The molecule has 2 saturated heterocycles. The highest BCUT2D eigenvalue weighted by Gasteiger charge is 2.36. The summed E-state index contributed by atoms with van der Waals surface area (Å²) in [6, 6.07) is 0. The molecule has 2 unspecified atom stereocenters. The van der Waals surface area contributed by atoms with Crippen molar-refractivity contribution in [1.82, 2.24) is 5.32 Å². The van der Waals surface area contributed by atoms with Crippen molar-refractivity contribution >= 4 is 5.97 Å². The minimum atomic E-state index is -0.322. The zero-order valence-electron chi connectivity index (χ0n) is 9.96. The molecule has 2 aliphatic heterocycles. The molecule has 0 amide bonds. The van der Waals surface area contributed by atoms with E-state index in [4.69, 9.17) is 9.47 Å². The van der Waals surface area contributed by atoms with Gasteiger partial charge in [-0.2, -0.15) is 0 Å². The smallest absolute Gasteiger partial charge is 0.313 e. The normalized spacial score (nSPS) is 34.9. The lowest BCUT2D eigenvalue weighted by Gasteiger charge is -2.31. The number of carbonyl (C=O) groups is 1. The summed E-state index contributed by atoms with van der Waals surface area (Å²) in [5, 5.41) is 3.26. The van der Waals surface area contributed by atoms with E-state index in [1.54, 1.807) is 0 Å².